The highest BCUT2D eigenvalue weighted by Gasteiger charge is 2.04. The normalized spacial score (nSPS) is 10.7. The third kappa shape index (κ3) is 4.20. The summed E-state index contributed by atoms with van der Waals surface area (Å²) < 4.78 is 12.7. The first-order chi connectivity index (χ1) is 9.16. The Morgan fingerprint density at radius 1 is 0.947 bits per heavy atom. The van der Waals surface area contributed by atoms with Crippen LogP contribution in [0.4, 0.5) is 4.39 Å². The van der Waals surface area contributed by atoms with Crippen molar-refractivity contribution in [3.8, 4) is 0 Å². The van der Waals surface area contributed by atoms with Gasteiger partial charge >= 0.3 is 0 Å². The number of halogens is 3. The first kappa shape index (κ1) is 14.3. The molecular weight excluding hydrogens is 284 g/mol. The molecule has 0 unspecified atom stereocenters. The van der Waals surface area contributed by atoms with Crippen LogP contribution < -0.4 is 5.32 Å². The average molecular weight is 298 g/mol. The van der Waals surface area contributed by atoms with E-state index in [-0.39, 0.29) is 5.82 Å². The Morgan fingerprint density at radius 3 is 2.21 bits per heavy atom. The minimum absolute atomic E-state index is 0.209. The van der Waals surface area contributed by atoms with Crippen LogP contribution in [0.5, 0.6) is 0 Å². The lowest BCUT2D eigenvalue weighted by atomic mass is 10.1. The molecule has 0 bridgehead atoms. The highest BCUT2D eigenvalue weighted by Crippen LogP contribution is 2.23. The second kappa shape index (κ2) is 6.90. The summed E-state index contributed by atoms with van der Waals surface area (Å²) in [7, 11) is 0. The lowest BCUT2D eigenvalue weighted by Gasteiger charge is -2.08. The fourth-order valence-electron chi connectivity index (χ4n) is 1.80. The van der Waals surface area contributed by atoms with Crippen LogP contribution in [-0.4, -0.2) is 6.54 Å². The molecule has 0 aromatic heterocycles. The Kier molecular flexibility index (Phi) is 5.20. The first-order valence-corrected chi connectivity index (χ1v) is 6.80. The van der Waals surface area contributed by atoms with Gasteiger partial charge in [-0.25, -0.2) is 4.39 Å². The van der Waals surface area contributed by atoms with Crippen molar-refractivity contribution in [2.24, 2.45) is 0 Å². The van der Waals surface area contributed by atoms with E-state index in [1.165, 1.54) is 12.1 Å². The highest BCUT2D eigenvalue weighted by molar-refractivity contribution is 6.35. The van der Waals surface area contributed by atoms with Crippen molar-refractivity contribution in [2.45, 2.75) is 13.0 Å². The molecule has 2 aromatic carbocycles. The summed E-state index contributed by atoms with van der Waals surface area (Å²) >= 11 is 12.2. The van der Waals surface area contributed by atoms with Crippen molar-refractivity contribution in [2.75, 3.05) is 6.54 Å². The molecule has 0 saturated heterocycles. The smallest absolute Gasteiger partial charge is 0.123 e. The zero-order valence-electron chi connectivity index (χ0n) is 10.3. The van der Waals surface area contributed by atoms with Crippen LogP contribution in [-0.2, 0) is 13.0 Å². The van der Waals surface area contributed by atoms with Gasteiger partial charge in [0.25, 0.3) is 0 Å². The van der Waals surface area contributed by atoms with Crippen LogP contribution in [0.1, 0.15) is 11.1 Å². The molecule has 0 aliphatic rings. The molecule has 0 spiro atoms. The molecular formula is C15H14Cl2FN. The maximum atomic E-state index is 12.7. The monoisotopic (exact) mass is 297 g/mol. The van der Waals surface area contributed by atoms with E-state index in [1.807, 2.05) is 18.2 Å². The van der Waals surface area contributed by atoms with Crippen LogP contribution in [0.3, 0.4) is 0 Å². The number of nitrogens with one attached hydrogen (secondary N) is 1. The second-order valence-electron chi connectivity index (χ2n) is 4.25. The third-order valence-electron chi connectivity index (χ3n) is 2.87. The predicted molar refractivity (Wildman–Crippen MR) is 78.3 cm³/mol. The van der Waals surface area contributed by atoms with E-state index >= 15 is 0 Å². The molecule has 100 valence electrons. The molecule has 0 atom stereocenters. The standard InChI is InChI=1S/C15H14Cl2FN/c16-14-2-1-3-15(17)13(14)10-19-9-8-11-4-6-12(18)7-5-11/h1-7,19H,8-10H2. The average Bonchev–Trinajstić information content (AvgIpc) is 2.39. The zero-order valence-corrected chi connectivity index (χ0v) is 11.8. The molecule has 1 N–H and O–H groups in total. The summed E-state index contributed by atoms with van der Waals surface area (Å²) in [4.78, 5) is 0. The summed E-state index contributed by atoms with van der Waals surface area (Å²) in [5.74, 6) is -0.209. The molecule has 0 radical (unpaired) electrons. The fraction of sp³-hybridized carbons (Fsp3) is 0.200. The van der Waals surface area contributed by atoms with Crippen LogP contribution in [0, 0.1) is 5.82 Å². The van der Waals surface area contributed by atoms with Crippen LogP contribution in [0.25, 0.3) is 0 Å². The van der Waals surface area contributed by atoms with Crippen LogP contribution in [0.2, 0.25) is 10.0 Å². The van der Waals surface area contributed by atoms with Gasteiger partial charge in [-0.05, 0) is 42.8 Å². The third-order valence-corrected chi connectivity index (χ3v) is 3.58. The lowest BCUT2D eigenvalue weighted by molar-refractivity contribution is 0.626. The molecule has 0 fully saturated rings. The van der Waals surface area contributed by atoms with E-state index in [4.69, 9.17) is 23.2 Å². The maximum Gasteiger partial charge on any atom is 0.123 e. The molecule has 0 heterocycles. The molecule has 19 heavy (non-hydrogen) atoms. The van der Waals surface area contributed by atoms with Crippen molar-refractivity contribution in [3.05, 3.63) is 69.5 Å². The second-order valence-corrected chi connectivity index (χ2v) is 5.07. The molecule has 0 saturated carbocycles. The molecule has 1 nitrogen and oxygen atoms in total. The van der Waals surface area contributed by atoms with E-state index in [2.05, 4.69) is 5.32 Å². The SMILES string of the molecule is Fc1ccc(CCNCc2c(Cl)cccc2Cl)cc1. The summed E-state index contributed by atoms with van der Waals surface area (Å²) in [5.41, 5.74) is 2.00. The summed E-state index contributed by atoms with van der Waals surface area (Å²) in [6.07, 6.45) is 0.836. The Balaban J connectivity index is 1.82. The summed E-state index contributed by atoms with van der Waals surface area (Å²) in [6, 6.07) is 12.0. The molecule has 0 aliphatic heterocycles. The molecule has 2 rings (SSSR count). The van der Waals surface area contributed by atoms with E-state index in [0.717, 1.165) is 24.1 Å². The van der Waals surface area contributed by atoms with Crippen molar-refractivity contribution in [1.29, 1.82) is 0 Å². The quantitative estimate of drug-likeness (QED) is 0.803. The Labute approximate surface area is 122 Å². The van der Waals surface area contributed by atoms with Crippen LogP contribution >= 0.6 is 23.2 Å². The molecule has 0 aliphatic carbocycles. The van der Waals surface area contributed by atoms with Gasteiger partial charge in [0.1, 0.15) is 5.82 Å². The van der Waals surface area contributed by atoms with Gasteiger partial charge in [-0.2, -0.15) is 0 Å². The Morgan fingerprint density at radius 2 is 1.58 bits per heavy atom. The van der Waals surface area contributed by atoms with Gasteiger partial charge in [0, 0.05) is 22.2 Å². The van der Waals surface area contributed by atoms with E-state index in [9.17, 15) is 4.39 Å². The minimum atomic E-state index is -0.209. The summed E-state index contributed by atoms with van der Waals surface area (Å²) in [6.45, 7) is 1.41. The van der Waals surface area contributed by atoms with Gasteiger partial charge in [0.05, 0.1) is 0 Å². The van der Waals surface area contributed by atoms with E-state index < -0.39 is 0 Å². The maximum absolute atomic E-state index is 12.7. The number of hydrogen-bond donors (Lipinski definition) is 1. The Hall–Kier alpha value is -1.09. The van der Waals surface area contributed by atoms with Gasteiger partial charge in [0.2, 0.25) is 0 Å². The lowest BCUT2D eigenvalue weighted by Crippen LogP contribution is -2.17. The number of hydrogen-bond acceptors (Lipinski definition) is 1. The predicted octanol–water partition coefficient (Wildman–Crippen LogP) is 4.46. The highest BCUT2D eigenvalue weighted by atomic mass is 35.5. The van der Waals surface area contributed by atoms with Gasteiger partial charge < -0.3 is 5.32 Å². The number of benzene rings is 2. The zero-order chi connectivity index (χ0) is 13.7. The van der Waals surface area contributed by atoms with E-state index in [0.29, 0.717) is 16.6 Å². The number of rotatable bonds is 5. The van der Waals surface area contributed by atoms with Crippen molar-refractivity contribution >= 4 is 23.2 Å². The fourth-order valence-corrected chi connectivity index (χ4v) is 2.33. The summed E-state index contributed by atoms with van der Waals surface area (Å²) in [5, 5.41) is 4.62. The minimum Gasteiger partial charge on any atom is -0.312 e. The Bertz CT molecular complexity index is 520. The molecule has 2 aromatic rings. The van der Waals surface area contributed by atoms with Gasteiger partial charge in [-0.1, -0.05) is 41.4 Å². The van der Waals surface area contributed by atoms with E-state index in [1.54, 1.807) is 12.1 Å². The molecule has 0 amide bonds. The topological polar surface area (TPSA) is 12.0 Å². The van der Waals surface area contributed by atoms with Crippen LogP contribution in [0.15, 0.2) is 42.5 Å². The van der Waals surface area contributed by atoms with Crippen molar-refractivity contribution in [3.63, 3.8) is 0 Å². The first-order valence-electron chi connectivity index (χ1n) is 6.05. The molecule has 4 heteroatoms. The van der Waals surface area contributed by atoms with Crippen molar-refractivity contribution < 1.29 is 4.39 Å². The largest absolute Gasteiger partial charge is 0.312 e. The van der Waals surface area contributed by atoms with Gasteiger partial charge in [-0.3, -0.25) is 0 Å². The van der Waals surface area contributed by atoms with Gasteiger partial charge in [-0.15, -0.1) is 0 Å². The van der Waals surface area contributed by atoms with Crippen molar-refractivity contribution in [1.82, 2.24) is 5.32 Å². The van der Waals surface area contributed by atoms with Gasteiger partial charge in [0.15, 0.2) is 0 Å².